The first-order chi connectivity index (χ1) is 9.72. The maximum Gasteiger partial charge on any atom is 0.228 e. The number of benzene rings is 1. The third-order valence-electron chi connectivity index (χ3n) is 3.52. The lowest BCUT2D eigenvalue weighted by Gasteiger charge is -2.04. The number of fused-ring (bicyclic) bond motifs is 5. The Balaban J connectivity index is 2.10. The summed E-state index contributed by atoms with van der Waals surface area (Å²) in [6.45, 7) is 0. The Kier molecular flexibility index (Phi) is 2.18. The minimum Gasteiger partial charge on any atom is -0.353 e. The molecular weight excluding hydrogens is 257 g/mol. The molecule has 0 saturated carbocycles. The Bertz CT molecular complexity index is 853. The number of hydrogen-bond acceptors (Lipinski definition) is 2. The molecule has 0 atom stereocenters. The van der Waals surface area contributed by atoms with Gasteiger partial charge in [0.1, 0.15) is 11.5 Å². The van der Waals surface area contributed by atoms with Gasteiger partial charge in [-0.15, -0.1) is 0 Å². The van der Waals surface area contributed by atoms with E-state index in [0.29, 0.717) is 11.4 Å². The van der Waals surface area contributed by atoms with Crippen LogP contribution in [0.5, 0.6) is 0 Å². The summed E-state index contributed by atoms with van der Waals surface area (Å²) in [5.74, 6) is -0.437. The van der Waals surface area contributed by atoms with Crippen LogP contribution in [0.25, 0.3) is 22.3 Å². The van der Waals surface area contributed by atoms with E-state index in [1.54, 1.807) is 24.4 Å². The molecule has 4 rings (SSSR count). The fourth-order valence-corrected chi connectivity index (χ4v) is 2.67. The third-order valence-corrected chi connectivity index (χ3v) is 3.52. The average molecular weight is 267 g/mol. The van der Waals surface area contributed by atoms with Crippen molar-refractivity contribution in [2.24, 2.45) is 0 Å². The maximum atomic E-state index is 13.4. The third kappa shape index (κ3) is 1.53. The van der Waals surface area contributed by atoms with Gasteiger partial charge in [-0.25, -0.2) is 4.39 Å². The molecule has 0 radical (unpaired) electrons. The van der Waals surface area contributed by atoms with Crippen LogP contribution in [0.4, 0.5) is 10.1 Å². The monoisotopic (exact) mass is 267 g/mol. The highest BCUT2D eigenvalue weighted by atomic mass is 19.1. The number of carbonyl (C=O) groups is 1. The normalized spacial score (nSPS) is 13.6. The van der Waals surface area contributed by atoms with Crippen molar-refractivity contribution >= 4 is 22.5 Å². The lowest BCUT2D eigenvalue weighted by Crippen LogP contribution is -2.12. The number of hydrogen-bond donors (Lipinski definition) is 2. The predicted molar refractivity (Wildman–Crippen MR) is 73.8 cm³/mol. The Morgan fingerprint density at radius 1 is 1.25 bits per heavy atom. The molecule has 0 spiro atoms. The number of carbonyl (C=O) groups excluding carboxylic acids is 1. The molecule has 1 aliphatic rings. The number of halogens is 1. The molecule has 0 bridgehead atoms. The zero-order valence-electron chi connectivity index (χ0n) is 10.4. The van der Waals surface area contributed by atoms with Crippen LogP contribution in [-0.4, -0.2) is 15.9 Å². The van der Waals surface area contributed by atoms with Gasteiger partial charge in [0.2, 0.25) is 5.91 Å². The molecule has 0 aliphatic carbocycles. The van der Waals surface area contributed by atoms with Crippen LogP contribution >= 0.6 is 0 Å². The lowest BCUT2D eigenvalue weighted by molar-refractivity contribution is -0.115. The first-order valence-corrected chi connectivity index (χ1v) is 6.28. The van der Waals surface area contributed by atoms with Gasteiger partial charge in [0.25, 0.3) is 0 Å². The minimum atomic E-state index is -0.315. The summed E-state index contributed by atoms with van der Waals surface area (Å²) in [6, 6.07) is 8.11. The van der Waals surface area contributed by atoms with E-state index in [4.69, 9.17) is 0 Å². The Morgan fingerprint density at radius 3 is 3.05 bits per heavy atom. The molecule has 1 aromatic carbocycles. The van der Waals surface area contributed by atoms with Crippen LogP contribution in [0.1, 0.15) is 5.56 Å². The molecule has 0 fully saturated rings. The molecule has 20 heavy (non-hydrogen) atoms. The van der Waals surface area contributed by atoms with E-state index in [1.165, 1.54) is 12.1 Å². The van der Waals surface area contributed by atoms with Crippen molar-refractivity contribution in [3.8, 4) is 11.4 Å². The zero-order chi connectivity index (χ0) is 13.7. The number of amides is 1. The van der Waals surface area contributed by atoms with E-state index >= 15 is 0 Å². The Labute approximate surface area is 113 Å². The highest BCUT2D eigenvalue weighted by Gasteiger charge is 2.23. The fourth-order valence-electron chi connectivity index (χ4n) is 2.67. The van der Waals surface area contributed by atoms with Gasteiger partial charge in [0, 0.05) is 17.1 Å². The molecule has 3 heterocycles. The van der Waals surface area contributed by atoms with Gasteiger partial charge in [-0.2, -0.15) is 0 Å². The van der Waals surface area contributed by atoms with Crippen molar-refractivity contribution in [2.45, 2.75) is 6.42 Å². The number of nitrogens with one attached hydrogen (secondary N) is 2. The summed E-state index contributed by atoms with van der Waals surface area (Å²) >= 11 is 0. The van der Waals surface area contributed by atoms with Crippen LogP contribution in [0.2, 0.25) is 0 Å². The summed E-state index contributed by atoms with van der Waals surface area (Å²) in [7, 11) is 0. The highest BCUT2D eigenvalue weighted by molar-refractivity contribution is 6.04. The summed E-state index contributed by atoms with van der Waals surface area (Å²) in [6.07, 6.45) is 1.88. The number of aromatic amines is 1. The summed E-state index contributed by atoms with van der Waals surface area (Å²) in [5, 5.41) is 3.55. The number of H-pyrrole nitrogens is 1. The fraction of sp³-hybridized carbons (Fsp3) is 0.0667. The molecule has 3 aromatic rings. The summed E-state index contributed by atoms with van der Waals surface area (Å²) < 4.78 is 13.4. The van der Waals surface area contributed by atoms with Gasteiger partial charge in [-0.1, -0.05) is 0 Å². The average Bonchev–Trinajstić information content (AvgIpc) is 2.70. The largest absolute Gasteiger partial charge is 0.353 e. The van der Waals surface area contributed by atoms with Crippen molar-refractivity contribution < 1.29 is 9.18 Å². The van der Waals surface area contributed by atoms with E-state index in [2.05, 4.69) is 15.3 Å². The molecular formula is C15H10FN3O. The van der Waals surface area contributed by atoms with E-state index in [9.17, 15) is 9.18 Å². The first kappa shape index (κ1) is 11.2. The number of nitrogens with zero attached hydrogens (tertiary/aromatic N) is 1. The van der Waals surface area contributed by atoms with Crippen molar-refractivity contribution in [3.05, 3.63) is 47.9 Å². The van der Waals surface area contributed by atoms with Crippen LogP contribution in [0, 0.1) is 5.82 Å². The minimum absolute atomic E-state index is 0.122. The second-order valence-corrected chi connectivity index (χ2v) is 4.79. The van der Waals surface area contributed by atoms with Gasteiger partial charge >= 0.3 is 0 Å². The smallest absolute Gasteiger partial charge is 0.228 e. The number of anilines is 1. The first-order valence-electron chi connectivity index (χ1n) is 6.28. The van der Waals surface area contributed by atoms with E-state index in [1.807, 2.05) is 0 Å². The molecule has 4 nitrogen and oxygen atoms in total. The van der Waals surface area contributed by atoms with Gasteiger partial charge in [-0.05, 0) is 35.9 Å². The molecule has 98 valence electrons. The van der Waals surface area contributed by atoms with E-state index < -0.39 is 0 Å². The second-order valence-electron chi connectivity index (χ2n) is 4.79. The van der Waals surface area contributed by atoms with Crippen LogP contribution in [0.15, 0.2) is 36.5 Å². The SMILES string of the molecule is O=C1Cc2c([nH]c3ccc(F)cc23)-c2ncccc2N1. The molecule has 2 N–H and O–H groups in total. The lowest BCUT2D eigenvalue weighted by atomic mass is 10.1. The predicted octanol–water partition coefficient (Wildman–Crippen LogP) is 2.86. The summed E-state index contributed by atoms with van der Waals surface area (Å²) in [5.41, 5.74) is 3.73. The van der Waals surface area contributed by atoms with Crippen LogP contribution in [-0.2, 0) is 11.2 Å². The van der Waals surface area contributed by atoms with Crippen LogP contribution in [0.3, 0.4) is 0 Å². The van der Waals surface area contributed by atoms with Gasteiger partial charge in [0.15, 0.2) is 0 Å². The maximum absolute atomic E-state index is 13.4. The molecule has 5 heteroatoms. The second kappa shape index (κ2) is 3.90. The van der Waals surface area contributed by atoms with Gasteiger partial charge in [-0.3, -0.25) is 9.78 Å². The quantitative estimate of drug-likeness (QED) is 0.658. The Hall–Kier alpha value is -2.69. The van der Waals surface area contributed by atoms with E-state index in [0.717, 1.165) is 22.2 Å². The molecule has 0 unspecified atom stereocenters. The van der Waals surface area contributed by atoms with E-state index in [-0.39, 0.29) is 18.1 Å². The van der Waals surface area contributed by atoms with Crippen molar-refractivity contribution in [1.29, 1.82) is 0 Å². The number of pyridine rings is 1. The highest BCUT2D eigenvalue weighted by Crippen LogP contribution is 2.35. The van der Waals surface area contributed by atoms with Crippen molar-refractivity contribution in [2.75, 3.05) is 5.32 Å². The topological polar surface area (TPSA) is 57.8 Å². The summed E-state index contributed by atoms with van der Waals surface area (Å²) in [4.78, 5) is 19.6. The zero-order valence-corrected chi connectivity index (χ0v) is 10.4. The van der Waals surface area contributed by atoms with Gasteiger partial charge < -0.3 is 10.3 Å². The molecule has 2 aromatic heterocycles. The standard InChI is InChI=1S/C15H10FN3O/c16-8-3-4-11-9(6-8)10-7-13(20)18-12-2-1-5-17-15(12)14(10)19-11/h1-6,19H,7H2,(H,18,20). The molecule has 1 amide bonds. The molecule has 0 saturated heterocycles. The van der Waals surface area contributed by atoms with Crippen molar-refractivity contribution in [1.82, 2.24) is 9.97 Å². The number of aromatic nitrogens is 2. The number of rotatable bonds is 0. The molecule has 1 aliphatic heterocycles. The Morgan fingerprint density at radius 2 is 2.15 bits per heavy atom. The van der Waals surface area contributed by atoms with Gasteiger partial charge in [0.05, 0.1) is 17.8 Å². The van der Waals surface area contributed by atoms with Crippen molar-refractivity contribution in [3.63, 3.8) is 0 Å². The van der Waals surface area contributed by atoms with Crippen LogP contribution < -0.4 is 5.32 Å².